The average Bonchev–Trinajstić information content (AvgIpc) is 2.77. The lowest BCUT2D eigenvalue weighted by Crippen LogP contribution is -2.28. The molecule has 0 atom stereocenters. The van der Waals surface area contributed by atoms with Crippen LogP contribution in [0.4, 0.5) is 0 Å². The Kier molecular flexibility index (Phi) is 7.21. The first kappa shape index (κ1) is 16.3. The number of benzene rings is 1. The highest BCUT2D eigenvalue weighted by atomic mass is 35.5. The summed E-state index contributed by atoms with van der Waals surface area (Å²) in [5.74, 6) is 0.313. The average molecular weight is 303 g/mol. The molecule has 0 saturated carbocycles. The largest absolute Gasteiger partial charge is 0.343 e. The maximum absolute atomic E-state index is 11.4. The molecule has 3 nitrogen and oxygen atoms in total. The summed E-state index contributed by atoms with van der Waals surface area (Å²) in [5.41, 5.74) is 1.23. The first-order chi connectivity index (χ1) is 8.75. The van der Waals surface area contributed by atoms with Gasteiger partial charge in [-0.05, 0) is 37.1 Å². The van der Waals surface area contributed by atoms with Crippen molar-refractivity contribution >= 4 is 29.9 Å². The molecule has 1 N–H and O–H groups in total. The molecule has 0 aromatic heterocycles. The van der Waals surface area contributed by atoms with Gasteiger partial charge in [-0.1, -0.05) is 23.7 Å². The Hall–Kier alpha value is -0.770. The molecule has 0 spiro atoms. The first-order valence-electron chi connectivity index (χ1n) is 6.48. The number of amides is 1. The molecule has 0 bridgehead atoms. The molecule has 2 rings (SSSR count). The molecular weight excluding hydrogens is 283 g/mol. The summed E-state index contributed by atoms with van der Waals surface area (Å²) in [6, 6.07) is 7.86. The van der Waals surface area contributed by atoms with Gasteiger partial charge in [0.25, 0.3) is 0 Å². The van der Waals surface area contributed by atoms with E-state index in [9.17, 15) is 4.79 Å². The number of carbonyl (C=O) groups is 1. The topological polar surface area (TPSA) is 32.3 Å². The third-order valence-electron chi connectivity index (χ3n) is 3.20. The van der Waals surface area contributed by atoms with Crippen molar-refractivity contribution in [1.82, 2.24) is 10.2 Å². The highest BCUT2D eigenvalue weighted by Crippen LogP contribution is 2.10. The van der Waals surface area contributed by atoms with Crippen molar-refractivity contribution in [2.24, 2.45) is 0 Å². The predicted molar refractivity (Wildman–Crippen MR) is 80.8 cm³/mol. The van der Waals surface area contributed by atoms with Crippen LogP contribution < -0.4 is 5.32 Å². The zero-order chi connectivity index (χ0) is 12.8. The molecule has 1 fully saturated rings. The Morgan fingerprint density at radius 3 is 2.63 bits per heavy atom. The summed E-state index contributed by atoms with van der Waals surface area (Å²) in [6.07, 6.45) is 2.77. The molecule has 106 valence electrons. The Bertz CT molecular complexity index is 395. The fourth-order valence-corrected chi connectivity index (χ4v) is 2.30. The van der Waals surface area contributed by atoms with E-state index < -0.39 is 0 Å². The highest BCUT2D eigenvalue weighted by molar-refractivity contribution is 6.30. The summed E-state index contributed by atoms with van der Waals surface area (Å²) >= 11 is 5.82. The second-order valence-corrected chi connectivity index (χ2v) is 5.08. The van der Waals surface area contributed by atoms with Gasteiger partial charge in [0, 0.05) is 31.1 Å². The zero-order valence-corrected chi connectivity index (χ0v) is 12.5. The van der Waals surface area contributed by atoms with E-state index in [4.69, 9.17) is 11.6 Å². The number of halogens is 2. The van der Waals surface area contributed by atoms with Crippen LogP contribution >= 0.6 is 24.0 Å². The predicted octanol–water partition coefficient (Wildman–Crippen LogP) is 2.86. The van der Waals surface area contributed by atoms with Gasteiger partial charge in [0.05, 0.1) is 0 Å². The molecule has 1 heterocycles. The summed E-state index contributed by atoms with van der Waals surface area (Å²) in [4.78, 5) is 13.3. The van der Waals surface area contributed by atoms with Crippen molar-refractivity contribution < 1.29 is 4.79 Å². The number of likely N-dealkylation sites (tertiary alicyclic amines) is 1. The SMILES string of the molecule is Cl.O=C1CCCN1CCCNCc1ccc(Cl)cc1. The van der Waals surface area contributed by atoms with E-state index in [-0.39, 0.29) is 12.4 Å². The van der Waals surface area contributed by atoms with E-state index in [1.165, 1.54) is 5.56 Å². The molecule has 1 amide bonds. The number of nitrogens with zero attached hydrogens (tertiary/aromatic N) is 1. The monoisotopic (exact) mass is 302 g/mol. The lowest BCUT2D eigenvalue weighted by Gasteiger charge is -2.15. The fraction of sp³-hybridized carbons (Fsp3) is 0.500. The molecule has 19 heavy (non-hydrogen) atoms. The Balaban J connectivity index is 0.00000180. The second kappa shape index (κ2) is 8.41. The smallest absolute Gasteiger partial charge is 0.222 e. The lowest BCUT2D eigenvalue weighted by atomic mass is 10.2. The molecule has 1 aromatic rings. The molecule has 5 heteroatoms. The van der Waals surface area contributed by atoms with Gasteiger partial charge in [-0.15, -0.1) is 12.4 Å². The minimum atomic E-state index is 0. The minimum Gasteiger partial charge on any atom is -0.343 e. The molecule has 1 aromatic carbocycles. The Morgan fingerprint density at radius 2 is 2.00 bits per heavy atom. The van der Waals surface area contributed by atoms with E-state index >= 15 is 0 Å². The van der Waals surface area contributed by atoms with Gasteiger partial charge >= 0.3 is 0 Å². The normalized spacial score (nSPS) is 14.6. The third-order valence-corrected chi connectivity index (χ3v) is 3.45. The standard InChI is InChI=1S/C14H19ClN2O.ClH/c15-13-6-4-12(5-7-13)11-16-8-2-10-17-9-1-3-14(17)18;/h4-7,16H,1-3,8-11H2;1H. The van der Waals surface area contributed by atoms with Crippen molar-refractivity contribution in [3.05, 3.63) is 34.9 Å². The molecule has 0 unspecified atom stereocenters. The van der Waals surface area contributed by atoms with Crippen LogP contribution in [0.3, 0.4) is 0 Å². The number of hydrogen-bond donors (Lipinski definition) is 1. The van der Waals surface area contributed by atoms with Crippen LogP contribution in [0.1, 0.15) is 24.8 Å². The summed E-state index contributed by atoms with van der Waals surface area (Å²) < 4.78 is 0. The van der Waals surface area contributed by atoms with Crippen molar-refractivity contribution in [3.63, 3.8) is 0 Å². The van der Waals surface area contributed by atoms with Crippen LogP contribution in [0, 0.1) is 0 Å². The minimum absolute atomic E-state index is 0. The van der Waals surface area contributed by atoms with Crippen LogP contribution in [-0.2, 0) is 11.3 Å². The lowest BCUT2D eigenvalue weighted by molar-refractivity contribution is -0.127. The van der Waals surface area contributed by atoms with E-state index in [1.807, 2.05) is 29.2 Å². The van der Waals surface area contributed by atoms with Gasteiger partial charge in [0.2, 0.25) is 5.91 Å². The quantitative estimate of drug-likeness (QED) is 0.820. The summed E-state index contributed by atoms with van der Waals surface area (Å²) in [6.45, 7) is 3.61. The van der Waals surface area contributed by atoms with Gasteiger partial charge in [0.1, 0.15) is 0 Å². The molecule has 1 aliphatic heterocycles. The van der Waals surface area contributed by atoms with Crippen LogP contribution in [0.25, 0.3) is 0 Å². The van der Waals surface area contributed by atoms with Crippen LogP contribution in [-0.4, -0.2) is 30.4 Å². The van der Waals surface area contributed by atoms with E-state index in [2.05, 4.69) is 5.32 Å². The second-order valence-electron chi connectivity index (χ2n) is 4.64. The van der Waals surface area contributed by atoms with Crippen molar-refractivity contribution in [1.29, 1.82) is 0 Å². The van der Waals surface area contributed by atoms with E-state index in [0.717, 1.165) is 50.5 Å². The molecule has 0 aliphatic carbocycles. The highest BCUT2D eigenvalue weighted by Gasteiger charge is 2.18. The molecule has 0 radical (unpaired) electrons. The number of nitrogens with one attached hydrogen (secondary N) is 1. The summed E-state index contributed by atoms with van der Waals surface area (Å²) in [7, 11) is 0. The van der Waals surface area contributed by atoms with Gasteiger partial charge in [-0.25, -0.2) is 0 Å². The van der Waals surface area contributed by atoms with Gasteiger partial charge in [0.15, 0.2) is 0 Å². The van der Waals surface area contributed by atoms with Crippen LogP contribution in [0.5, 0.6) is 0 Å². The summed E-state index contributed by atoms with van der Waals surface area (Å²) in [5, 5.41) is 4.15. The Morgan fingerprint density at radius 1 is 1.26 bits per heavy atom. The molecule has 1 aliphatic rings. The zero-order valence-electron chi connectivity index (χ0n) is 10.9. The van der Waals surface area contributed by atoms with Crippen molar-refractivity contribution in [2.45, 2.75) is 25.8 Å². The fourth-order valence-electron chi connectivity index (χ4n) is 2.17. The maximum atomic E-state index is 11.4. The first-order valence-corrected chi connectivity index (χ1v) is 6.86. The van der Waals surface area contributed by atoms with E-state index in [1.54, 1.807) is 0 Å². The van der Waals surface area contributed by atoms with Gasteiger partial charge < -0.3 is 10.2 Å². The number of hydrogen-bond acceptors (Lipinski definition) is 2. The molecular formula is C14H20Cl2N2O. The molecule has 1 saturated heterocycles. The van der Waals surface area contributed by atoms with Gasteiger partial charge in [-0.3, -0.25) is 4.79 Å². The van der Waals surface area contributed by atoms with Crippen LogP contribution in [0.15, 0.2) is 24.3 Å². The third kappa shape index (κ3) is 5.39. The van der Waals surface area contributed by atoms with Crippen LogP contribution in [0.2, 0.25) is 5.02 Å². The maximum Gasteiger partial charge on any atom is 0.222 e. The van der Waals surface area contributed by atoms with Gasteiger partial charge in [-0.2, -0.15) is 0 Å². The van der Waals surface area contributed by atoms with E-state index in [0.29, 0.717) is 5.91 Å². The van der Waals surface area contributed by atoms with Crippen molar-refractivity contribution in [2.75, 3.05) is 19.6 Å². The number of carbonyl (C=O) groups excluding carboxylic acids is 1. The Labute approximate surface area is 125 Å². The van der Waals surface area contributed by atoms with Crippen molar-refractivity contribution in [3.8, 4) is 0 Å². The number of rotatable bonds is 6.